The Balaban J connectivity index is 0.848. The van der Waals surface area contributed by atoms with Crippen LogP contribution in [0.15, 0.2) is 47.2 Å². The second-order valence-electron chi connectivity index (χ2n) is 26.1. The number of alkyl halides is 2. The standard InChI is InChI=1S/C69H91Cl2N9O17S2/c1-36(2)58(76-65(90)41(24-39(5)82)12-8-9-20-72)48(83)25-42(13-11-21-74-67(73)91)64(89)75-45-18-16-40(17-19-45)33-94-68(92)77(6)22-23-78(7)69(93)97-50-27-47-57(55-38(4)35-99-63(50)55)44(29-71)31-80(47)53(85)15-10-14-52(84)79-30-43(28-70)56-46(79)26-49(62-54(56)37(3)34-98-62)95-66-61(88)60(87)59(86)51(32-81)96-66/h16-19,26-27,34-36,41-44,51,58-61,66,81,86-88H,8-15,20-25,28-33,72H2,1-7H3,(H,75,89)(H,76,90)(H3,73,74,91)/t41-,42-,43-,44-,51-,58+,59-,60+,61-,66-/m1/s1. The summed E-state index contributed by atoms with van der Waals surface area (Å²) in [5.74, 6) is -3.42. The molecular weight excluding hydrogens is 1360 g/mol. The van der Waals surface area contributed by atoms with Crippen LogP contribution in [-0.2, 0) is 44.8 Å². The Morgan fingerprint density at radius 1 is 0.737 bits per heavy atom. The highest BCUT2D eigenvalue weighted by atomic mass is 35.5. The number of nitrogens with two attached hydrogens (primary N) is 2. The van der Waals surface area contributed by atoms with E-state index in [-0.39, 0.29) is 142 Å². The molecule has 8 rings (SSSR count). The molecule has 0 radical (unpaired) electrons. The zero-order chi connectivity index (χ0) is 72.1. The van der Waals surface area contributed by atoms with Gasteiger partial charge in [0.1, 0.15) is 42.6 Å². The van der Waals surface area contributed by atoms with Gasteiger partial charge in [0, 0.05) is 137 Å². The number of urea groups is 1. The summed E-state index contributed by atoms with van der Waals surface area (Å²) in [6.45, 7) is 9.24. The summed E-state index contributed by atoms with van der Waals surface area (Å²) < 4.78 is 24.9. The van der Waals surface area contributed by atoms with E-state index in [0.29, 0.717) is 64.3 Å². The van der Waals surface area contributed by atoms with Gasteiger partial charge >= 0.3 is 18.2 Å². The van der Waals surface area contributed by atoms with Crippen LogP contribution in [0.1, 0.15) is 125 Å². The molecule has 3 aromatic carbocycles. The molecule has 1 fully saturated rings. The second kappa shape index (κ2) is 35.4. The summed E-state index contributed by atoms with van der Waals surface area (Å²) in [6.07, 6.45) is -6.81. The lowest BCUT2D eigenvalue weighted by molar-refractivity contribution is -0.277. The minimum absolute atomic E-state index is 0.0159. The van der Waals surface area contributed by atoms with Gasteiger partial charge in [-0.1, -0.05) is 32.4 Å². The van der Waals surface area contributed by atoms with Gasteiger partial charge in [-0.25, -0.2) is 14.4 Å². The number of nitrogens with one attached hydrogen (secondary N) is 3. The number of carbonyl (C=O) groups excluding carboxylic acids is 9. The number of ether oxygens (including phenoxy) is 4. The summed E-state index contributed by atoms with van der Waals surface area (Å²) in [4.78, 5) is 126. The fourth-order valence-corrected chi connectivity index (χ4v) is 15.4. The minimum atomic E-state index is -1.67. The molecule has 3 aliphatic heterocycles. The van der Waals surface area contributed by atoms with E-state index in [1.807, 2.05) is 24.6 Å². The number of aliphatic hydroxyl groups is 4. The molecular formula is C69H91Cl2N9O17S2. The Hall–Kier alpha value is -7.25. The quantitative estimate of drug-likeness (QED) is 0.0144. The number of aliphatic hydroxyl groups excluding tert-OH is 4. The van der Waals surface area contributed by atoms with Crippen molar-refractivity contribution in [2.45, 2.75) is 154 Å². The van der Waals surface area contributed by atoms with Crippen molar-refractivity contribution in [3.63, 3.8) is 0 Å². The maximum atomic E-state index is 14.4. The van der Waals surface area contributed by atoms with Crippen LogP contribution in [0, 0.1) is 31.6 Å². The van der Waals surface area contributed by atoms with Gasteiger partial charge in [0.2, 0.25) is 29.9 Å². The van der Waals surface area contributed by atoms with E-state index in [1.54, 1.807) is 60.0 Å². The van der Waals surface area contributed by atoms with Crippen molar-refractivity contribution in [2.75, 3.05) is 86.8 Å². The first-order valence-corrected chi connectivity index (χ1v) is 36.1. The van der Waals surface area contributed by atoms with Crippen molar-refractivity contribution >= 4 is 137 Å². The number of carbonyl (C=O) groups is 9. The number of benzene rings is 3. The van der Waals surface area contributed by atoms with E-state index in [2.05, 4.69) is 16.0 Å². The zero-order valence-electron chi connectivity index (χ0n) is 56.7. The first-order chi connectivity index (χ1) is 47.2. The lowest BCUT2D eigenvalue weighted by Crippen LogP contribution is -2.60. The number of fused-ring (bicyclic) bond motifs is 6. The third kappa shape index (κ3) is 18.8. The van der Waals surface area contributed by atoms with E-state index < -0.39 is 85.2 Å². The number of thiophene rings is 2. The van der Waals surface area contributed by atoms with Crippen LogP contribution < -0.4 is 46.7 Å². The lowest BCUT2D eigenvalue weighted by Gasteiger charge is -2.39. The topological polar surface area (TPSA) is 373 Å². The van der Waals surface area contributed by atoms with Gasteiger partial charge in [0.05, 0.1) is 33.4 Å². The van der Waals surface area contributed by atoms with Crippen molar-refractivity contribution in [1.29, 1.82) is 0 Å². The fourth-order valence-electron chi connectivity index (χ4n) is 12.8. The van der Waals surface area contributed by atoms with Gasteiger partial charge in [0.25, 0.3) is 0 Å². The van der Waals surface area contributed by atoms with Crippen molar-refractivity contribution in [1.82, 2.24) is 20.4 Å². The Morgan fingerprint density at radius 3 is 1.84 bits per heavy atom. The highest BCUT2D eigenvalue weighted by Crippen LogP contribution is 2.51. The van der Waals surface area contributed by atoms with Crippen molar-refractivity contribution in [3.8, 4) is 11.5 Å². The molecule has 3 aliphatic rings. The van der Waals surface area contributed by atoms with Crippen LogP contribution in [0.3, 0.4) is 0 Å². The zero-order valence-corrected chi connectivity index (χ0v) is 59.9. The van der Waals surface area contributed by atoms with Gasteiger partial charge in [-0.2, -0.15) is 0 Å². The number of likely N-dealkylation sites (N-methyl/N-ethyl adjacent to an activating group) is 2. The molecule has 8 amide bonds. The highest BCUT2D eigenvalue weighted by Gasteiger charge is 2.46. The van der Waals surface area contributed by atoms with Crippen molar-refractivity contribution < 1.29 is 82.5 Å². The van der Waals surface area contributed by atoms with Crippen LogP contribution >= 0.6 is 45.9 Å². The van der Waals surface area contributed by atoms with E-state index in [0.717, 1.165) is 33.0 Å². The number of unbranched alkanes of at least 4 members (excludes halogenated alkanes) is 1. The molecule has 30 heteroatoms. The predicted octanol–water partition coefficient (Wildman–Crippen LogP) is 7.65. The first-order valence-electron chi connectivity index (χ1n) is 33.3. The third-order valence-electron chi connectivity index (χ3n) is 18.3. The minimum Gasteiger partial charge on any atom is -0.460 e. The van der Waals surface area contributed by atoms with Crippen molar-refractivity contribution in [3.05, 3.63) is 75.0 Å². The largest absolute Gasteiger partial charge is 0.460 e. The molecule has 10 atom stereocenters. The van der Waals surface area contributed by atoms with E-state index in [9.17, 15) is 63.6 Å². The second-order valence-corrected chi connectivity index (χ2v) is 28.5. The van der Waals surface area contributed by atoms with Crippen LogP contribution in [-0.4, -0.2) is 192 Å². The van der Waals surface area contributed by atoms with Gasteiger partial charge in [-0.3, -0.25) is 24.0 Å². The summed E-state index contributed by atoms with van der Waals surface area (Å²) in [6, 6.07) is 8.22. The van der Waals surface area contributed by atoms with Gasteiger partial charge < -0.3 is 91.2 Å². The molecule has 0 saturated carbocycles. The summed E-state index contributed by atoms with van der Waals surface area (Å²) in [7, 11) is 3.04. The summed E-state index contributed by atoms with van der Waals surface area (Å²) in [5.41, 5.74) is 16.5. The number of hydrogen-bond acceptors (Lipinski definition) is 20. The van der Waals surface area contributed by atoms with E-state index in [4.69, 9.17) is 53.6 Å². The third-order valence-corrected chi connectivity index (χ3v) is 21.3. The molecule has 0 bridgehead atoms. The molecule has 0 spiro atoms. The summed E-state index contributed by atoms with van der Waals surface area (Å²) >= 11 is 16.0. The fraction of sp³-hybridized carbons (Fsp3) is 0.551. The summed E-state index contributed by atoms with van der Waals surface area (Å²) in [5, 5.41) is 55.3. The van der Waals surface area contributed by atoms with Crippen LogP contribution in [0.4, 0.5) is 31.4 Å². The Bertz CT molecular complexity index is 3740. The normalized spacial score (nSPS) is 19.6. The predicted molar refractivity (Wildman–Crippen MR) is 378 cm³/mol. The number of Topliss-reactive ketones (excluding diaryl/α,β-unsaturated/α-hetero) is 2. The molecule has 0 aliphatic carbocycles. The smallest absolute Gasteiger partial charge is 0.415 e. The number of hydrogen-bond donors (Lipinski definition) is 9. The van der Waals surface area contributed by atoms with Crippen LogP contribution in [0.5, 0.6) is 11.5 Å². The lowest BCUT2D eigenvalue weighted by atomic mass is 9.88. The maximum Gasteiger partial charge on any atom is 0.415 e. The van der Waals surface area contributed by atoms with E-state index in [1.165, 1.54) is 53.5 Å². The average molecular weight is 1450 g/mol. The van der Waals surface area contributed by atoms with Crippen LogP contribution in [0.2, 0.25) is 0 Å². The average Bonchev–Trinajstić information content (AvgIpc) is 1.60. The molecule has 1 saturated heterocycles. The molecule has 5 aromatic rings. The number of ketones is 2. The van der Waals surface area contributed by atoms with Gasteiger partial charge in [-0.15, -0.1) is 45.9 Å². The Labute approximate surface area is 592 Å². The number of nitrogens with zero attached hydrogens (tertiary/aromatic N) is 4. The highest BCUT2D eigenvalue weighted by molar-refractivity contribution is 7.18. The van der Waals surface area contributed by atoms with E-state index >= 15 is 0 Å². The number of anilines is 3. The molecule has 5 heterocycles. The Kier molecular flexibility index (Phi) is 27.7. The van der Waals surface area contributed by atoms with Gasteiger partial charge in [0.15, 0.2) is 11.5 Å². The van der Waals surface area contributed by atoms with Crippen LogP contribution in [0.25, 0.3) is 20.2 Å². The van der Waals surface area contributed by atoms with Crippen molar-refractivity contribution in [2.24, 2.45) is 29.2 Å². The number of primary amides is 1. The molecule has 26 nitrogen and oxygen atoms in total. The number of halogens is 2. The van der Waals surface area contributed by atoms with Gasteiger partial charge in [-0.05, 0) is 116 Å². The number of rotatable bonds is 33. The first kappa shape index (κ1) is 77.5. The molecule has 11 N–H and O–H groups in total. The Morgan fingerprint density at radius 2 is 1.29 bits per heavy atom. The molecule has 99 heavy (non-hydrogen) atoms. The SMILES string of the molecule is CC(=O)C[C@@H](CCCCN)C(=O)N[C@H](C(=O)C[C@@H](CCCNC(N)=O)C(=O)Nc1ccc(COC(=O)N(C)CCN(C)C(=O)Oc2cc3c(c4c(C)csc24)[C@H](CCl)CN3C(=O)CCCC(=O)N2C[C@@H](CCl)c3c2cc(O[C@@H]2O[C@H](CO)[C@@H](O)[C@H](O)[C@H]2O)c2scc(C)c32)cc1)C(C)C. The maximum absolute atomic E-state index is 14.4. The molecule has 2 aromatic heterocycles. The molecule has 0 unspecified atom stereocenters. The number of amides is 8. The monoisotopic (exact) mass is 1450 g/mol. The number of aryl methyl sites for hydroxylation is 2. The molecule has 540 valence electrons.